The van der Waals surface area contributed by atoms with Crippen molar-refractivity contribution in [2.45, 2.75) is 44.4 Å². The highest BCUT2D eigenvalue weighted by Gasteiger charge is 2.42. The van der Waals surface area contributed by atoms with Gasteiger partial charge in [0.25, 0.3) is 0 Å². The minimum Gasteiger partial charge on any atom is -0.508 e. The van der Waals surface area contributed by atoms with E-state index < -0.39 is 17.8 Å². The smallest absolute Gasteiger partial charge is 0.319 e. The number of aromatic nitrogens is 2. The van der Waals surface area contributed by atoms with Gasteiger partial charge in [0.2, 0.25) is 0 Å². The number of piperidine rings is 1. The van der Waals surface area contributed by atoms with Crippen molar-refractivity contribution in [3.63, 3.8) is 0 Å². The summed E-state index contributed by atoms with van der Waals surface area (Å²) in [6.45, 7) is 2.36. The summed E-state index contributed by atoms with van der Waals surface area (Å²) in [5, 5.41) is 25.5. The van der Waals surface area contributed by atoms with E-state index in [0.717, 1.165) is 32.2 Å². The number of aliphatic hydroxyl groups excluding tert-OH is 1. The van der Waals surface area contributed by atoms with Crippen molar-refractivity contribution in [2.75, 3.05) is 37.7 Å². The van der Waals surface area contributed by atoms with Crippen LogP contribution < -0.4 is 15.0 Å². The second-order valence-electron chi connectivity index (χ2n) is 12.7. The van der Waals surface area contributed by atoms with Gasteiger partial charge in [-0.05, 0) is 79.8 Å². The zero-order valence-electron chi connectivity index (χ0n) is 24.8. The van der Waals surface area contributed by atoms with E-state index in [2.05, 4.69) is 21.1 Å². The van der Waals surface area contributed by atoms with E-state index in [0.29, 0.717) is 48.0 Å². The fourth-order valence-corrected chi connectivity index (χ4v) is 7.47. The van der Waals surface area contributed by atoms with Crippen molar-refractivity contribution in [2.24, 2.45) is 17.8 Å². The molecular weight excluding hydrogens is 581 g/mol. The van der Waals surface area contributed by atoms with Gasteiger partial charge < -0.3 is 25.2 Å². The molecule has 2 saturated heterocycles. The van der Waals surface area contributed by atoms with Crippen molar-refractivity contribution >= 4 is 27.5 Å². The van der Waals surface area contributed by atoms with Gasteiger partial charge in [-0.3, -0.25) is 0 Å². The third-order valence-corrected chi connectivity index (χ3v) is 9.70. The Morgan fingerprint density at radius 3 is 2.62 bits per heavy atom. The Labute approximate surface area is 259 Å². The van der Waals surface area contributed by atoms with Crippen molar-refractivity contribution < 1.29 is 28.1 Å². The normalized spacial score (nSPS) is 25.2. The number of benzene rings is 3. The maximum absolute atomic E-state index is 16.8. The van der Waals surface area contributed by atoms with Gasteiger partial charge >= 0.3 is 6.01 Å². The monoisotopic (exact) mass is 616 g/mol. The molecule has 2 bridgehead atoms. The molecule has 45 heavy (non-hydrogen) atoms. The molecule has 1 aromatic heterocycles. The molecular formula is C35H35F3N4O3. The summed E-state index contributed by atoms with van der Waals surface area (Å²) in [5.41, 5.74) is 0.294. The fourth-order valence-electron chi connectivity index (χ4n) is 7.47. The number of alkyl halides is 1. The molecule has 3 heterocycles. The summed E-state index contributed by atoms with van der Waals surface area (Å²) >= 11 is 0. The maximum atomic E-state index is 16.8. The van der Waals surface area contributed by atoms with Crippen LogP contribution in [-0.2, 0) is 0 Å². The molecule has 7 nitrogen and oxygen atoms in total. The summed E-state index contributed by atoms with van der Waals surface area (Å²) in [6.07, 6.45) is 8.14. The molecule has 1 aliphatic carbocycles. The van der Waals surface area contributed by atoms with Crippen LogP contribution in [0.2, 0.25) is 0 Å². The first-order valence-electron chi connectivity index (χ1n) is 15.6. The number of halogens is 3. The fraction of sp³-hybridized carbons (Fsp3) is 0.429. The van der Waals surface area contributed by atoms with E-state index >= 15 is 4.39 Å². The van der Waals surface area contributed by atoms with E-state index in [1.807, 2.05) is 0 Å². The largest absolute Gasteiger partial charge is 0.508 e. The number of nitrogens with zero attached hydrogens (tertiary/aromatic N) is 3. The molecule has 4 aromatic rings. The molecule has 2 unspecified atom stereocenters. The highest BCUT2D eigenvalue weighted by molar-refractivity contribution is 6.04. The number of anilines is 1. The highest BCUT2D eigenvalue weighted by Crippen LogP contribution is 2.43. The lowest BCUT2D eigenvalue weighted by molar-refractivity contribution is 0.0791. The number of hydrogen-bond acceptors (Lipinski definition) is 7. The molecule has 3 fully saturated rings. The Hall–Kier alpha value is -4.07. The number of phenolic OH excluding ortho intramolecular Hbond substituents is 1. The minimum atomic E-state index is -0.989. The van der Waals surface area contributed by atoms with Crippen LogP contribution in [-0.4, -0.2) is 65.2 Å². The Balaban J connectivity index is 1.35. The van der Waals surface area contributed by atoms with Crippen LogP contribution in [0.4, 0.5) is 19.0 Å². The zero-order chi connectivity index (χ0) is 31.2. The van der Waals surface area contributed by atoms with Crippen molar-refractivity contribution in [3.05, 3.63) is 53.6 Å². The molecule has 3 aromatic carbocycles. The molecule has 0 amide bonds. The summed E-state index contributed by atoms with van der Waals surface area (Å²) in [5.74, 6) is 1.57. The lowest BCUT2D eigenvalue weighted by Crippen LogP contribution is -2.45. The van der Waals surface area contributed by atoms with Gasteiger partial charge in [-0.2, -0.15) is 9.97 Å². The van der Waals surface area contributed by atoms with E-state index in [-0.39, 0.29) is 64.4 Å². The Kier molecular flexibility index (Phi) is 7.92. The molecule has 0 radical (unpaired) electrons. The number of phenols is 1. The van der Waals surface area contributed by atoms with Crippen molar-refractivity contribution in [1.82, 2.24) is 15.3 Å². The molecule has 4 atom stereocenters. The van der Waals surface area contributed by atoms with Crippen molar-refractivity contribution in [1.29, 1.82) is 0 Å². The van der Waals surface area contributed by atoms with E-state index in [9.17, 15) is 19.0 Å². The quantitative estimate of drug-likeness (QED) is 0.247. The number of ether oxygens (including phenoxy) is 1. The van der Waals surface area contributed by atoms with Crippen LogP contribution in [0.25, 0.3) is 32.8 Å². The topological polar surface area (TPSA) is 90.7 Å². The van der Waals surface area contributed by atoms with Crippen LogP contribution in [0.1, 0.15) is 37.7 Å². The molecule has 10 heteroatoms. The molecule has 2 aliphatic heterocycles. The number of nitrogens with one attached hydrogen (secondary N) is 1. The summed E-state index contributed by atoms with van der Waals surface area (Å²) in [4.78, 5) is 11.4. The third kappa shape index (κ3) is 5.53. The number of hydrogen-bond donors (Lipinski definition) is 3. The maximum Gasteiger partial charge on any atom is 0.319 e. The van der Waals surface area contributed by atoms with Crippen LogP contribution in [0.3, 0.4) is 0 Å². The van der Waals surface area contributed by atoms with E-state index in [1.165, 1.54) is 24.3 Å². The first-order valence-corrected chi connectivity index (χ1v) is 15.6. The Morgan fingerprint density at radius 1 is 1.04 bits per heavy atom. The number of fused-ring (bicyclic) bond motifs is 4. The minimum absolute atomic E-state index is 0.00589. The first kappa shape index (κ1) is 29.6. The van der Waals surface area contributed by atoms with Crippen LogP contribution in [0.5, 0.6) is 11.8 Å². The van der Waals surface area contributed by atoms with Crippen molar-refractivity contribution in [3.8, 4) is 35.2 Å². The van der Waals surface area contributed by atoms with Gasteiger partial charge in [-0.1, -0.05) is 18.1 Å². The highest BCUT2D eigenvalue weighted by atomic mass is 19.1. The molecule has 7 rings (SSSR count). The second-order valence-corrected chi connectivity index (χ2v) is 12.7. The average Bonchev–Trinajstić information content (AvgIpc) is 3.20. The SMILES string of the molecule is C#Cc1c(F)ccc2cc(O)cc(-c3ccc4c(N5CC6CCC(C5)C6O)nc(OC[C@@H]5CCCNC[C@H](F)C5)nc4c3F)c12. The molecule has 0 spiro atoms. The summed E-state index contributed by atoms with van der Waals surface area (Å²) in [6, 6.07) is 8.82. The van der Waals surface area contributed by atoms with E-state index in [1.54, 1.807) is 12.1 Å². The van der Waals surface area contributed by atoms with Gasteiger partial charge in [0.1, 0.15) is 29.1 Å². The number of aromatic hydroxyl groups is 1. The molecule has 3 N–H and O–H groups in total. The Morgan fingerprint density at radius 2 is 1.84 bits per heavy atom. The number of aliphatic hydroxyl groups is 1. The van der Waals surface area contributed by atoms with E-state index in [4.69, 9.17) is 16.1 Å². The average molecular weight is 617 g/mol. The van der Waals surface area contributed by atoms with Gasteiger partial charge in [-0.15, -0.1) is 6.42 Å². The van der Waals surface area contributed by atoms with Gasteiger partial charge in [0.15, 0.2) is 5.82 Å². The molecule has 234 valence electrons. The van der Waals surface area contributed by atoms with Crippen LogP contribution >= 0.6 is 0 Å². The predicted molar refractivity (Wildman–Crippen MR) is 167 cm³/mol. The third-order valence-electron chi connectivity index (χ3n) is 9.70. The lowest BCUT2D eigenvalue weighted by atomic mass is 9.92. The standard InChI is InChI=1S/C35H35F3N4O3/c1-2-25-29(37)10-7-20-13-24(43)14-28(30(20)25)26-8-9-27-32(31(26)38)40-35(45-18-19-4-3-11-39-15-23(36)12-19)41-34(27)42-16-21-5-6-22(17-42)33(21)44/h1,7-10,13-14,19,21-23,33,39,43-44H,3-6,11-12,15-18H2/t19-,21?,22?,23-,33?/m1/s1. The van der Waals surface area contributed by atoms with Gasteiger partial charge in [0.05, 0.1) is 18.3 Å². The van der Waals surface area contributed by atoms with Crippen LogP contribution in [0, 0.1) is 41.7 Å². The number of terminal acetylenes is 1. The second kappa shape index (κ2) is 12.0. The number of rotatable bonds is 5. The summed E-state index contributed by atoms with van der Waals surface area (Å²) in [7, 11) is 0. The zero-order valence-corrected chi connectivity index (χ0v) is 24.8. The molecule has 1 saturated carbocycles. The summed E-state index contributed by atoms with van der Waals surface area (Å²) < 4.78 is 52.1. The first-order chi connectivity index (χ1) is 21.8. The van der Waals surface area contributed by atoms with Gasteiger partial charge in [0, 0.05) is 47.8 Å². The lowest BCUT2D eigenvalue weighted by Gasteiger charge is -2.36. The Bertz CT molecular complexity index is 1800. The van der Waals surface area contributed by atoms with Gasteiger partial charge in [-0.25, -0.2) is 13.2 Å². The predicted octanol–water partition coefficient (Wildman–Crippen LogP) is 5.73. The molecule has 3 aliphatic rings. The van der Waals surface area contributed by atoms with Crippen LogP contribution in [0.15, 0.2) is 36.4 Å².